The molecule has 0 aliphatic rings. The predicted molar refractivity (Wildman–Crippen MR) is 92.4 cm³/mol. The maximum absolute atomic E-state index is 6.55. The van der Waals surface area contributed by atoms with Crippen LogP contribution in [0.3, 0.4) is 0 Å². The van der Waals surface area contributed by atoms with Crippen LogP contribution in [0.5, 0.6) is 11.5 Å². The van der Waals surface area contributed by atoms with Crippen molar-refractivity contribution in [2.45, 2.75) is 13.3 Å². The number of nitrogens with zero attached hydrogens (tertiary/aromatic N) is 1. The van der Waals surface area contributed by atoms with Crippen molar-refractivity contribution in [1.29, 1.82) is 0 Å². The molecule has 0 aliphatic heterocycles. The lowest BCUT2D eigenvalue weighted by atomic mass is 10.1. The molecular formula is C18H15Cl2NO. The summed E-state index contributed by atoms with van der Waals surface area (Å²) in [5.41, 5.74) is 2.79. The van der Waals surface area contributed by atoms with E-state index in [1.165, 1.54) is 0 Å². The molecule has 0 bridgehead atoms. The van der Waals surface area contributed by atoms with Gasteiger partial charge < -0.3 is 4.74 Å². The first-order chi connectivity index (χ1) is 10.7. The number of aryl methyl sites for hydroxylation is 1. The molecule has 22 heavy (non-hydrogen) atoms. The van der Waals surface area contributed by atoms with Crippen LogP contribution < -0.4 is 4.74 Å². The second kappa shape index (κ2) is 6.55. The number of para-hydroxylation sites is 1. The summed E-state index contributed by atoms with van der Waals surface area (Å²) in [5.74, 6) is 2.05. The minimum absolute atomic E-state index is 0.522. The molecule has 4 heteroatoms. The second-order valence-corrected chi connectivity index (χ2v) is 5.78. The zero-order chi connectivity index (χ0) is 15.5. The van der Waals surface area contributed by atoms with Crippen molar-refractivity contribution < 1.29 is 4.74 Å². The Balaban J connectivity index is 2.05. The van der Waals surface area contributed by atoms with Crippen LogP contribution in [0.4, 0.5) is 0 Å². The van der Waals surface area contributed by atoms with Gasteiger partial charge >= 0.3 is 0 Å². The van der Waals surface area contributed by atoms with Crippen LogP contribution in [0.2, 0.25) is 5.02 Å². The molecule has 0 atom stereocenters. The Morgan fingerprint density at radius 2 is 1.82 bits per heavy atom. The summed E-state index contributed by atoms with van der Waals surface area (Å²) in [4.78, 5) is 4.60. The van der Waals surface area contributed by atoms with Gasteiger partial charge in [0, 0.05) is 17.0 Å². The summed E-state index contributed by atoms with van der Waals surface area (Å²) in [6.45, 7) is 1.96. The molecule has 0 saturated heterocycles. The van der Waals surface area contributed by atoms with E-state index in [4.69, 9.17) is 27.9 Å². The van der Waals surface area contributed by atoms with Gasteiger partial charge in [-0.15, -0.1) is 11.6 Å². The van der Waals surface area contributed by atoms with Crippen LogP contribution in [0, 0.1) is 6.92 Å². The molecule has 0 fully saturated rings. The van der Waals surface area contributed by atoms with Gasteiger partial charge in [-0.3, -0.25) is 4.98 Å². The van der Waals surface area contributed by atoms with Gasteiger partial charge in [0.25, 0.3) is 0 Å². The molecule has 1 heterocycles. The fourth-order valence-electron chi connectivity index (χ4n) is 2.43. The first kappa shape index (κ1) is 15.1. The van der Waals surface area contributed by atoms with Crippen LogP contribution in [-0.4, -0.2) is 10.9 Å². The molecular weight excluding hydrogens is 317 g/mol. The number of hydrogen-bond donors (Lipinski definition) is 0. The van der Waals surface area contributed by atoms with Crippen molar-refractivity contribution >= 4 is 34.1 Å². The lowest BCUT2D eigenvalue weighted by Crippen LogP contribution is -1.97. The van der Waals surface area contributed by atoms with Crippen LogP contribution in [0.1, 0.15) is 11.3 Å². The fraction of sp³-hybridized carbons (Fsp3) is 0.167. The molecule has 112 valence electrons. The molecule has 3 aromatic rings. The Labute approximate surface area is 139 Å². The number of fused-ring (bicyclic) bond motifs is 1. The summed E-state index contributed by atoms with van der Waals surface area (Å²) in [6, 6.07) is 15.4. The van der Waals surface area contributed by atoms with Crippen LogP contribution in [0.25, 0.3) is 10.9 Å². The van der Waals surface area contributed by atoms with E-state index in [0.29, 0.717) is 17.3 Å². The van der Waals surface area contributed by atoms with Gasteiger partial charge in [0.15, 0.2) is 0 Å². The lowest BCUT2D eigenvalue weighted by Gasteiger charge is -2.11. The van der Waals surface area contributed by atoms with Crippen molar-refractivity contribution in [3.05, 3.63) is 64.8 Å². The Hall–Kier alpha value is -1.77. The monoisotopic (exact) mass is 331 g/mol. The van der Waals surface area contributed by atoms with Crippen molar-refractivity contribution in [3.8, 4) is 11.5 Å². The number of rotatable bonds is 4. The van der Waals surface area contributed by atoms with E-state index in [1.54, 1.807) is 0 Å². The van der Waals surface area contributed by atoms with Gasteiger partial charge in [-0.2, -0.15) is 0 Å². The zero-order valence-electron chi connectivity index (χ0n) is 12.1. The van der Waals surface area contributed by atoms with Crippen LogP contribution in [0.15, 0.2) is 48.5 Å². The maximum Gasteiger partial charge on any atom is 0.128 e. The first-order valence-electron chi connectivity index (χ1n) is 7.06. The zero-order valence-corrected chi connectivity index (χ0v) is 13.7. The third-order valence-electron chi connectivity index (χ3n) is 3.52. The highest BCUT2D eigenvalue weighted by Gasteiger charge is 2.11. The van der Waals surface area contributed by atoms with Gasteiger partial charge in [-0.1, -0.05) is 29.8 Å². The number of benzene rings is 2. The minimum Gasteiger partial charge on any atom is -0.457 e. The van der Waals surface area contributed by atoms with Crippen LogP contribution in [-0.2, 0) is 6.42 Å². The van der Waals surface area contributed by atoms with Gasteiger partial charge in [0.05, 0.1) is 10.5 Å². The smallest absolute Gasteiger partial charge is 0.128 e. The Kier molecular flexibility index (Phi) is 4.51. The van der Waals surface area contributed by atoms with E-state index in [9.17, 15) is 0 Å². The molecule has 2 nitrogen and oxygen atoms in total. The molecule has 0 spiro atoms. The average molecular weight is 332 g/mol. The number of pyridine rings is 1. The van der Waals surface area contributed by atoms with E-state index in [2.05, 4.69) is 4.98 Å². The SMILES string of the molecule is Cc1nc2ccc(Oc3ccccc3)cc2c(Cl)c1CCCl. The van der Waals surface area contributed by atoms with Crippen molar-refractivity contribution in [3.63, 3.8) is 0 Å². The van der Waals surface area contributed by atoms with Gasteiger partial charge in [0.1, 0.15) is 11.5 Å². The van der Waals surface area contributed by atoms with E-state index in [-0.39, 0.29) is 0 Å². The number of halogens is 2. The highest BCUT2D eigenvalue weighted by Crippen LogP contribution is 2.32. The van der Waals surface area contributed by atoms with E-state index < -0.39 is 0 Å². The van der Waals surface area contributed by atoms with Gasteiger partial charge in [-0.25, -0.2) is 0 Å². The maximum atomic E-state index is 6.55. The summed E-state index contributed by atoms with van der Waals surface area (Å²) >= 11 is 12.4. The number of alkyl halides is 1. The highest BCUT2D eigenvalue weighted by atomic mass is 35.5. The van der Waals surface area contributed by atoms with E-state index in [0.717, 1.165) is 33.7 Å². The first-order valence-corrected chi connectivity index (χ1v) is 7.98. The molecule has 2 aromatic carbocycles. The number of aromatic nitrogens is 1. The average Bonchev–Trinajstić information content (AvgIpc) is 2.53. The molecule has 3 rings (SSSR count). The predicted octanol–water partition coefficient (Wildman–Crippen LogP) is 5.77. The standard InChI is InChI=1S/C18H15Cl2NO/c1-12-15(9-10-19)18(20)16-11-14(7-8-17(16)21-12)22-13-5-3-2-4-6-13/h2-8,11H,9-10H2,1H3. The fourth-order valence-corrected chi connectivity index (χ4v) is 3.00. The summed E-state index contributed by atoms with van der Waals surface area (Å²) in [6.07, 6.45) is 0.707. The molecule has 0 saturated carbocycles. The molecule has 0 unspecified atom stereocenters. The van der Waals surface area contributed by atoms with Crippen molar-refractivity contribution in [1.82, 2.24) is 4.98 Å². The Morgan fingerprint density at radius 3 is 2.55 bits per heavy atom. The van der Waals surface area contributed by atoms with Crippen LogP contribution >= 0.6 is 23.2 Å². The quantitative estimate of drug-likeness (QED) is 0.566. The normalized spacial score (nSPS) is 10.9. The van der Waals surface area contributed by atoms with Gasteiger partial charge in [0.2, 0.25) is 0 Å². The molecule has 0 aliphatic carbocycles. The summed E-state index contributed by atoms with van der Waals surface area (Å²) in [7, 11) is 0. The number of ether oxygens (including phenoxy) is 1. The summed E-state index contributed by atoms with van der Waals surface area (Å²) < 4.78 is 5.86. The topological polar surface area (TPSA) is 22.1 Å². The van der Waals surface area contributed by atoms with E-state index in [1.807, 2.05) is 55.5 Å². The van der Waals surface area contributed by atoms with Crippen molar-refractivity contribution in [2.75, 3.05) is 5.88 Å². The minimum atomic E-state index is 0.522. The molecule has 0 amide bonds. The van der Waals surface area contributed by atoms with Gasteiger partial charge in [-0.05, 0) is 49.2 Å². The highest BCUT2D eigenvalue weighted by molar-refractivity contribution is 6.36. The third kappa shape index (κ3) is 3.03. The summed E-state index contributed by atoms with van der Waals surface area (Å²) in [5, 5.41) is 1.60. The van der Waals surface area contributed by atoms with E-state index >= 15 is 0 Å². The third-order valence-corrected chi connectivity index (χ3v) is 4.14. The molecule has 0 radical (unpaired) electrons. The number of hydrogen-bond acceptors (Lipinski definition) is 2. The largest absolute Gasteiger partial charge is 0.457 e. The molecule has 1 aromatic heterocycles. The Bertz CT molecular complexity index is 803. The lowest BCUT2D eigenvalue weighted by molar-refractivity contribution is 0.483. The molecule has 0 N–H and O–H groups in total. The van der Waals surface area contributed by atoms with Crippen molar-refractivity contribution in [2.24, 2.45) is 0 Å². The Morgan fingerprint density at radius 1 is 1.05 bits per heavy atom. The second-order valence-electron chi connectivity index (χ2n) is 5.02.